The second kappa shape index (κ2) is 19.7. The van der Waals surface area contributed by atoms with Gasteiger partial charge in [0.1, 0.15) is 30.0 Å². The Morgan fingerprint density at radius 1 is 0.804 bits per heavy atom. The number of hydrogen-bond donors (Lipinski definition) is 3. The molecule has 2 aliphatic carbocycles. The summed E-state index contributed by atoms with van der Waals surface area (Å²) in [5, 5.41) is 29.5. The molecule has 277 valence electrons. The van der Waals surface area contributed by atoms with E-state index in [9.17, 15) is 24.6 Å². The molecule has 0 amide bonds. The number of carbonyl (C=O) groups is 3. The van der Waals surface area contributed by atoms with E-state index in [4.69, 9.17) is 22.2 Å². The Morgan fingerprint density at radius 3 is 1.67 bits per heavy atom. The van der Waals surface area contributed by atoms with Crippen molar-refractivity contribution in [3.8, 4) is 11.5 Å². The molecule has 8 atom stereocenters. The molecule has 0 bridgehead atoms. The van der Waals surface area contributed by atoms with Crippen LogP contribution in [0.2, 0.25) is 0 Å². The van der Waals surface area contributed by atoms with Crippen LogP contribution in [0.1, 0.15) is 72.6 Å². The topological polar surface area (TPSA) is 183 Å². The van der Waals surface area contributed by atoms with E-state index >= 15 is 0 Å². The number of carbonyl (C=O) groups excluding carboxylic acids is 3. The van der Waals surface area contributed by atoms with E-state index in [2.05, 4.69) is 15.5 Å². The second-order valence-electron chi connectivity index (χ2n) is 12.9. The van der Waals surface area contributed by atoms with Crippen molar-refractivity contribution in [1.82, 2.24) is 0 Å². The molecule has 3 N–H and O–H groups in total. The van der Waals surface area contributed by atoms with Crippen LogP contribution in [0.25, 0.3) is 0 Å². The van der Waals surface area contributed by atoms with Crippen LogP contribution in [0.5, 0.6) is 11.5 Å². The maximum atomic E-state index is 11.3. The molecule has 2 aromatic rings. The molecular weight excluding hydrogens is 703 g/mol. The Morgan fingerprint density at radius 2 is 1.25 bits per heavy atom. The van der Waals surface area contributed by atoms with Gasteiger partial charge >= 0.3 is 34.4 Å². The number of aryl methyl sites for hydroxylation is 2. The molecule has 0 aromatic heterocycles. The summed E-state index contributed by atoms with van der Waals surface area (Å²) in [6, 6.07) is 12.1. The molecule has 2 heterocycles. The Hall–Kier alpha value is -3.87. The zero-order valence-electron chi connectivity index (χ0n) is 28.7. The van der Waals surface area contributed by atoms with Crippen molar-refractivity contribution < 1.29 is 71.1 Å². The summed E-state index contributed by atoms with van der Waals surface area (Å²) in [5.74, 6) is 1.45. The normalized spacial score (nSPS) is 26.3. The Balaban J connectivity index is 0.000000212. The summed E-state index contributed by atoms with van der Waals surface area (Å²) >= 11 is -1.44. The van der Waals surface area contributed by atoms with Crippen LogP contribution in [-0.4, -0.2) is 78.8 Å². The molecule has 12 nitrogen and oxygen atoms in total. The first-order valence-corrected chi connectivity index (χ1v) is 18.0. The number of aldehydes is 1. The van der Waals surface area contributed by atoms with Gasteiger partial charge in [-0.15, -0.1) is 0 Å². The number of para-hydroxylation sites is 2. The monoisotopic (exact) mass is 749 g/mol. The van der Waals surface area contributed by atoms with Crippen LogP contribution in [0.3, 0.4) is 0 Å². The average molecular weight is 750 g/mol. The van der Waals surface area contributed by atoms with Crippen LogP contribution in [0.15, 0.2) is 60.7 Å². The van der Waals surface area contributed by atoms with Gasteiger partial charge in [0.25, 0.3) is 0 Å². The van der Waals surface area contributed by atoms with Crippen molar-refractivity contribution in [2.75, 3.05) is 20.8 Å². The number of esters is 2. The van der Waals surface area contributed by atoms with Crippen LogP contribution in [-0.2, 0) is 59.2 Å². The van der Waals surface area contributed by atoms with Crippen LogP contribution in [0, 0.1) is 11.8 Å². The molecule has 2 aliphatic heterocycles. The van der Waals surface area contributed by atoms with Gasteiger partial charge in [-0.3, -0.25) is 14.4 Å². The summed E-state index contributed by atoms with van der Waals surface area (Å²) in [6.45, 7) is -0.0259. The molecule has 0 saturated heterocycles. The molecule has 0 spiro atoms. The Kier molecular flexibility index (Phi) is 15.4. The van der Waals surface area contributed by atoms with Crippen LogP contribution < -0.4 is 9.47 Å². The molecule has 2 fully saturated rings. The van der Waals surface area contributed by atoms with Crippen molar-refractivity contribution in [3.05, 3.63) is 83.0 Å². The third-order valence-corrected chi connectivity index (χ3v) is 9.96. The fourth-order valence-electron chi connectivity index (χ4n) is 7.77. The molecule has 51 heavy (non-hydrogen) atoms. The van der Waals surface area contributed by atoms with E-state index in [1.807, 2.05) is 36.4 Å². The summed E-state index contributed by atoms with van der Waals surface area (Å²) < 4.78 is 38.4. The van der Waals surface area contributed by atoms with Crippen molar-refractivity contribution in [2.45, 2.75) is 87.6 Å². The Labute approximate surface area is 303 Å². The van der Waals surface area contributed by atoms with Crippen molar-refractivity contribution in [2.24, 2.45) is 11.8 Å². The predicted octanol–water partition coefficient (Wildman–Crippen LogP) is 3.88. The zero-order chi connectivity index (χ0) is 36.9. The Bertz CT molecular complexity index is 1600. The van der Waals surface area contributed by atoms with Gasteiger partial charge in [-0.2, -0.15) is 0 Å². The van der Waals surface area contributed by atoms with Gasteiger partial charge in [-0.05, 0) is 42.9 Å². The number of allylic oxidation sites excluding steroid dienone is 1. The number of benzene rings is 2. The summed E-state index contributed by atoms with van der Waals surface area (Å²) in [7, 11) is 2.79. The minimum atomic E-state index is -1.44. The van der Waals surface area contributed by atoms with Crippen molar-refractivity contribution in [1.29, 1.82) is 0 Å². The summed E-state index contributed by atoms with van der Waals surface area (Å²) in [4.78, 5) is 33.1. The summed E-state index contributed by atoms with van der Waals surface area (Å²) in [6.07, 6.45) is 11.4. The minimum absolute atomic E-state index is 0.0231. The van der Waals surface area contributed by atoms with Gasteiger partial charge in [0.15, 0.2) is 0 Å². The van der Waals surface area contributed by atoms with Gasteiger partial charge in [-0.1, -0.05) is 54.6 Å². The molecular formula is C38H46MnO12. The summed E-state index contributed by atoms with van der Waals surface area (Å²) in [5.41, 5.74) is 4.40. The fraction of sp³-hybridized carbons (Fsp3) is 0.500. The first kappa shape index (κ1) is 39.9. The van der Waals surface area contributed by atoms with Gasteiger partial charge in [0, 0.05) is 60.5 Å². The average Bonchev–Trinajstić information content (AvgIpc) is 3.85. The van der Waals surface area contributed by atoms with Gasteiger partial charge in [0.05, 0.1) is 33.0 Å². The van der Waals surface area contributed by atoms with Crippen LogP contribution in [0.4, 0.5) is 0 Å². The molecule has 2 aromatic carbocycles. The zero-order valence-corrected chi connectivity index (χ0v) is 29.9. The number of methoxy groups -OCH3 is 2. The molecule has 0 radical (unpaired) electrons. The fourth-order valence-corrected chi connectivity index (χ4v) is 7.77. The number of fused-ring (bicyclic) bond motifs is 6. The number of hydrogen-bond acceptors (Lipinski definition) is 12. The first-order valence-electron chi connectivity index (χ1n) is 17.1. The molecule has 13 heteroatoms. The van der Waals surface area contributed by atoms with Crippen molar-refractivity contribution >= 4 is 18.2 Å². The third kappa shape index (κ3) is 9.72. The van der Waals surface area contributed by atoms with E-state index in [0.717, 1.165) is 59.3 Å². The first-order chi connectivity index (χ1) is 24.7. The second-order valence-corrected chi connectivity index (χ2v) is 13.0. The molecule has 0 unspecified atom stereocenters. The van der Waals surface area contributed by atoms with E-state index in [-0.39, 0.29) is 54.4 Å². The van der Waals surface area contributed by atoms with Gasteiger partial charge in [-0.25, -0.2) is 0 Å². The molecule has 4 aliphatic rings. The van der Waals surface area contributed by atoms with Crippen molar-refractivity contribution in [3.63, 3.8) is 0 Å². The molecule has 6 rings (SSSR count). The number of aliphatic hydroxyl groups excluding tert-OH is 3. The molecule has 2 saturated carbocycles. The van der Waals surface area contributed by atoms with Gasteiger partial charge in [0.2, 0.25) is 0 Å². The number of aliphatic hydroxyl groups is 3. The predicted molar refractivity (Wildman–Crippen MR) is 178 cm³/mol. The standard InChI is InChI=1S/C19H24O5.C19H22O5.Mn.2O/c2*1-23-17(22)9-3-6-12-5-2-7-14-18-13(8-4-10-20)15(21)11-16(18)24-19(12)14;;;/h2,4-5,7-8,13,15-16,18,20-21H,3,6,9-11H2,1H3;2,4-5,7-8,10,13,15-16,18,21H,3,6,9,11H2,1H3;;;/b2*8-4+;;;/t2*13-,15+,16-,18-;;;/m00.../s1. The number of rotatable bonds is 12. The van der Waals surface area contributed by atoms with Gasteiger partial charge < -0.3 is 34.3 Å². The maximum absolute atomic E-state index is 11.3. The van der Waals surface area contributed by atoms with E-state index < -0.39 is 27.0 Å². The quantitative estimate of drug-likeness (QED) is 0.0938. The van der Waals surface area contributed by atoms with Crippen LogP contribution >= 0.6 is 0 Å². The van der Waals surface area contributed by atoms with E-state index in [1.54, 1.807) is 12.2 Å². The third-order valence-electron chi connectivity index (χ3n) is 9.96. The van der Waals surface area contributed by atoms with E-state index in [1.165, 1.54) is 20.3 Å². The SMILES string of the molecule is COC(=O)CCCc1cccc2c1O[C@H]1C[C@@H](O)[C@H](/C=C/C=O)[C@@H]21.COC(=O)CCCc1cccc2c1O[C@H]1C[C@@H](O)[C@H](/C=C/CO)[C@@H]21.[O]=[Mn]=[O]. The van der Waals surface area contributed by atoms with E-state index in [0.29, 0.717) is 32.1 Å². The number of ether oxygens (including phenoxy) is 4.